The Hall–Kier alpha value is -3.09. The van der Waals surface area contributed by atoms with Crippen molar-refractivity contribution in [2.45, 2.75) is 44.3 Å². The Bertz CT molecular complexity index is 1370. The first kappa shape index (κ1) is 19.9. The summed E-state index contributed by atoms with van der Waals surface area (Å²) >= 11 is 7.02. The summed E-state index contributed by atoms with van der Waals surface area (Å²) in [5.41, 5.74) is 0.813. The topological polar surface area (TPSA) is 137 Å². The molecule has 1 aliphatic carbocycles. The second-order valence-corrected chi connectivity index (χ2v) is 10.6. The molecule has 0 spiro atoms. The molecule has 37 heavy (non-hydrogen) atoms. The van der Waals surface area contributed by atoms with Gasteiger partial charge in [-0.2, -0.15) is 0 Å². The Morgan fingerprint density at radius 3 is 2.70 bits per heavy atom. The lowest BCUT2D eigenvalue weighted by Crippen LogP contribution is -2.57. The van der Waals surface area contributed by atoms with E-state index in [9.17, 15) is 19.2 Å². The number of hydrogen-bond acceptors (Lipinski definition) is 8. The number of rotatable bonds is 5. The number of halogens is 1. The van der Waals surface area contributed by atoms with Crippen LogP contribution in [0.5, 0.6) is 0 Å². The number of hydrogen-bond donors (Lipinski definition) is 3. The molecule has 198 valence electrons. The van der Waals surface area contributed by atoms with E-state index in [1.807, 2.05) is 7.05 Å². The largest absolute Gasteiger partial charge is 0.349 e. The van der Waals surface area contributed by atoms with Gasteiger partial charge in [-0.25, -0.2) is 9.97 Å². The van der Waals surface area contributed by atoms with Crippen molar-refractivity contribution in [3.63, 3.8) is 0 Å². The molecular formula is C24H30ClN7O4S. The van der Waals surface area contributed by atoms with E-state index < -0.39 is 55.6 Å². The Kier molecular flexibility index (Phi) is 6.22. The SMILES string of the molecule is [2H]C([2H])([2H])N(C(=O)[C@@H]1CC[C@H](NC(=O)C(=O)Nc2ccc(Cl)cn2)[C@@H](NC(=O)c2nc3c(s2)CN(C)CC3)C1)C([2H])([2H])[2H]. The third-order valence-electron chi connectivity index (χ3n) is 6.34. The third kappa shape index (κ3) is 6.62. The van der Waals surface area contributed by atoms with Gasteiger partial charge in [0.1, 0.15) is 5.82 Å². The first-order valence-electron chi connectivity index (χ1n) is 14.6. The Labute approximate surface area is 232 Å². The Morgan fingerprint density at radius 1 is 1.16 bits per heavy atom. The maximum atomic E-state index is 13.3. The van der Waals surface area contributed by atoms with Gasteiger partial charge in [0.25, 0.3) is 5.91 Å². The summed E-state index contributed by atoms with van der Waals surface area (Å²) in [5, 5.41) is 8.20. The van der Waals surface area contributed by atoms with Gasteiger partial charge in [-0.15, -0.1) is 11.3 Å². The highest BCUT2D eigenvalue weighted by Gasteiger charge is 2.37. The molecule has 3 atom stereocenters. The summed E-state index contributed by atoms with van der Waals surface area (Å²) in [5.74, 6) is -4.78. The lowest BCUT2D eigenvalue weighted by atomic mass is 9.81. The van der Waals surface area contributed by atoms with Gasteiger partial charge in [-0.05, 0) is 38.4 Å². The molecule has 0 saturated heterocycles. The van der Waals surface area contributed by atoms with Crippen LogP contribution in [0.25, 0.3) is 0 Å². The smallest absolute Gasteiger partial charge is 0.314 e. The van der Waals surface area contributed by atoms with Crippen LogP contribution >= 0.6 is 22.9 Å². The normalized spacial score (nSPS) is 24.5. The van der Waals surface area contributed by atoms with Gasteiger partial charge in [0.2, 0.25) is 5.91 Å². The van der Waals surface area contributed by atoms with Crippen LogP contribution in [-0.2, 0) is 27.3 Å². The van der Waals surface area contributed by atoms with Gasteiger partial charge < -0.3 is 25.8 Å². The predicted octanol–water partition coefficient (Wildman–Crippen LogP) is 1.29. The second kappa shape index (κ2) is 11.5. The molecule has 0 bridgehead atoms. The van der Waals surface area contributed by atoms with E-state index in [0.29, 0.717) is 18.0 Å². The zero-order chi connectivity index (χ0) is 31.7. The van der Waals surface area contributed by atoms with Crippen LogP contribution in [-0.4, -0.2) is 83.0 Å². The molecule has 2 aromatic rings. The molecule has 0 radical (unpaired) electrons. The molecule has 1 saturated carbocycles. The zero-order valence-corrected chi connectivity index (χ0v) is 21.5. The Balaban J connectivity index is 1.53. The Morgan fingerprint density at radius 2 is 1.97 bits per heavy atom. The van der Waals surface area contributed by atoms with Crippen LogP contribution in [0.2, 0.25) is 5.02 Å². The molecule has 1 fully saturated rings. The lowest BCUT2D eigenvalue weighted by molar-refractivity contribution is -0.137. The van der Waals surface area contributed by atoms with Gasteiger partial charge in [-0.1, -0.05) is 11.6 Å². The molecule has 3 heterocycles. The number of fused-ring (bicyclic) bond motifs is 1. The van der Waals surface area contributed by atoms with Gasteiger partial charge in [0.15, 0.2) is 5.01 Å². The minimum atomic E-state index is -3.23. The van der Waals surface area contributed by atoms with Crippen molar-refractivity contribution < 1.29 is 27.4 Å². The minimum absolute atomic E-state index is 0.00292. The van der Waals surface area contributed by atoms with Crippen LogP contribution in [0, 0.1) is 5.92 Å². The predicted molar refractivity (Wildman–Crippen MR) is 139 cm³/mol. The number of thiazole rings is 1. The summed E-state index contributed by atoms with van der Waals surface area (Å²) in [6.45, 7) is -5.04. The number of pyridine rings is 1. The average Bonchev–Trinajstić information content (AvgIpc) is 3.32. The monoisotopic (exact) mass is 553 g/mol. The number of nitrogens with zero attached hydrogens (tertiary/aromatic N) is 4. The summed E-state index contributed by atoms with van der Waals surface area (Å²) in [4.78, 5) is 63.2. The molecule has 11 nitrogen and oxygen atoms in total. The van der Waals surface area contributed by atoms with Crippen molar-refractivity contribution in [1.82, 2.24) is 30.4 Å². The quantitative estimate of drug-likeness (QED) is 0.474. The maximum absolute atomic E-state index is 13.3. The van der Waals surface area contributed by atoms with Crippen molar-refractivity contribution >= 4 is 52.4 Å². The van der Waals surface area contributed by atoms with Gasteiger partial charge >= 0.3 is 11.8 Å². The van der Waals surface area contributed by atoms with Crippen molar-refractivity contribution in [2.75, 3.05) is 32.9 Å². The lowest BCUT2D eigenvalue weighted by Gasteiger charge is -2.37. The van der Waals surface area contributed by atoms with Crippen molar-refractivity contribution in [3.8, 4) is 0 Å². The highest BCUT2D eigenvalue weighted by atomic mass is 35.5. The molecule has 13 heteroatoms. The van der Waals surface area contributed by atoms with Gasteiger partial charge in [0, 0.05) is 64.7 Å². The molecular weight excluding hydrogens is 518 g/mol. The molecule has 2 aliphatic rings. The zero-order valence-electron chi connectivity index (χ0n) is 25.9. The van der Waals surface area contributed by atoms with Crippen molar-refractivity contribution in [2.24, 2.45) is 5.92 Å². The summed E-state index contributed by atoms with van der Waals surface area (Å²) in [7, 11) is 1.95. The first-order valence-corrected chi connectivity index (χ1v) is 12.8. The van der Waals surface area contributed by atoms with Gasteiger partial charge in [-0.3, -0.25) is 19.2 Å². The van der Waals surface area contributed by atoms with E-state index in [1.54, 1.807) is 0 Å². The van der Waals surface area contributed by atoms with Crippen LogP contribution < -0.4 is 16.0 Å². The highest BCUT2D eigenvalue weighted by molar-refractivity contribution is 7.13. The minimum Gasteiger partial charge on any atom is -0.349 e. The van der Waals surface area contributed by atoms with E-state index in [0.717, 1.165) is 17.1 Å². The first-order chi connectivity index (χ1) is 20.0. The number of carbonyl (C=O) groups is 4. The number of amides is 4. The third-order valence-corrected chi connectivity index (χ3v) is 7.65. The number of likely N-dealkylation sites (N-methyl/N-ethyl adjacent to an activating group) is 1. The maximum Gasteiger partial charge on any atom is 0.314 e. The molecule has 0 aromatic carbocycles. The fourth-order valence-corrected chi connectivity index (χ4v) is 5.62. The van der Waals surface area contributed by atoms with Crippen LogP contribution in [0.3, 0.4) is 0 Å². The number of nitrogens with one attached hydrogen (secondary N) is 3. The summed E-state index contributed by atoms with van der Waals surface area (Å²) in [6.07, 6.45) is 1.80. The van der Waals surface area contributed by atoms with Crippen molar-refractivity contribution in [1.29, 1.82) is 0 Å². The van der Waals surface area contributed by atoms with E-state index >= 15 is 0 Å². The summed E-state index contributed by atoms with van der Waals surface area (Å²) < 4.78 is 45.7. The fraction of sp³-hybridized carbons (Fsp3) is 0.500. The van der Waals surface area contributed by atoms with Crippen molar-refractivity contribution in [3.05, 3.63) is 38.9 Å². The van der Waals surface area contributed by atoms with E-state index in [2.05, 4.69) is 30.8 Å². The molecule has 0 unspecified atom stereocenters. The van der Waals surface area contributed by atoms with Crippen LogP contribution in [0.15, 0.2) is 18.3 Å². The molecule has 4 rings (SSSR count). The van der Waals surface area contributed by atoms with E-state index in [-0.39, 0.29) is 35.0 Å². The molecule has 3 N–H and O–H groups in total. The number of aromatic nitrogens is 2. The van der Waals surface area contributed by atoms with Crippen LogP contribution in [0.4, 0.5) is 5.82 Å². The van der Waals surface area contributed by atoms with Crippen LogP contribution in [0.1, 0.15) is 47.9 Å². The average molecular weight is 554 g/mol. The van der Waals surface area contributed by atoms with E-state index in [4.69, 9.17) is 19.8 Å². The molecule has 2 aromatic heterocycles. The summed E-state index contributed by atoms with van der Waals surface area (Å²) in [6, 6.07) is 1.07. The highest BCUT2D eigenvalue weighted by Crippen LogP contribution is 2.28. The van der Waals surface area contributed by atoms with Gasteiger partial charge in [0.05, 0.1) is 16.8 Å². The number of anilines is 1. The molecule has 4 amide bonds. The molecule has 1 aliphatic heterocycles. The standard InChI is InChI=1S/C24H30ClN7O4S/c1-31(2)24(36)13-4-6-15(27-20(33)21(34)30-19-7-5-14(25)11-26-19)17(10-13)28-22(35)23-29-16-8-9-32(3)12-18(16)37-23/h5,7,11,13,15,17H,4,6,8-10,12H2,1-3H3,(H,27,33)(H,28,35)(H,26,30,34)/t13-,15+,17+/m1/s1/i1D3,2D3. The van der Waals surface area contributed by atoms with E-state index in [1.165, 1.54) is 29.7 Å². The second-order valence-electron chi connectivity index (χ2n) is 9.04. The fourth-order valence-electron chi connectivity index (χ4n) is 4.42. The number of carbonyl (C=O) groups excluding carboxylic acids is 4.